The Hall–Kier alpha value is -1.40. The summed E-state index contributed by atoms with van der Waals surface area (Å²) in [6.45, 7) is 5.91. The van der Waals surface area contributed by atoms with Crippen LogP contribution >= 0.6 is 11.6 Å². The summed E-state index contributed by atoms with van der Waals surface area (Å²) in [5, 5.41) is 12.5. The van der Waals surface area contributed by atoms with Crippen LogP contribution in [0.25, 0.3) is 0 Å². The molecule has 1 fully saturated rings. The van der Waals surface area contributed by atoms with Gasteiger partial charge in [0.1, 0.15) is 11.0 Å². The SMILES string of the molecule is CCc1nn(C)c(Cl)c1CN1CCC[C@@H]1c1n[nH]c(C)n1. The van der Waals surface area contributed by atoms with E-state index in [1.165, 1.54) is 0 Å². The van der Waals surface area contributed by atoms with E-state index < -0.39 is 0 Å². The highest BCUT2D eigenvalue weighted by Gasteiger charge is 2.30. The number of nitrogens with one attached hydrogen (secondary N) is 1. The number of H-pyrrole nitrogens is 1. The summed E-state index contributed by atoms with van der Waals surface area (Å²) in [6, 6.07) is 0.274. The second-order valence-corrected chi connectivity index (χ2v) is 5.96. The fourth-order valence-corrected chi connectivity index (χ4v) is 3.27. The molecule has 1 N–H and O–H groups in total. The van der Waals surface area contributed by atoms with E-state index in [4.69, 9.17) is 11.6 Å². The van der Waals surface area contributed by atoms with E-state index in [9.17, 15) is 0 Å². The van der Waals surface area contributed by atoms with Crippen LogP contribution in [0.1, 0.15) is 48.7 Å². The summed E-state index contributed by atoms with van der Waals surface area (Å²) in [7, 11) is 1.89. The van der Waals surface area contributed by atoms with Gasteiger partial charge in [-0.3, -0.25) is 14.7 Å². The predicted octanol–water partition coefficient (Wildman–Crippen LogP) is 2.40. The van der Waals surface area contributed by atoms with E-state index in [2.05, 4.69) is 32.1 Å². The minimum Gasteiger partial charge on any atom is -0.289 e. The van der Waals surface area contributed by atoms with Gasteiger partial charge in [0.05, 0.1) is 11.7 Å². The number of rotatable bonds is 4. The summed E-state index contributed by atoms with van der Waals surface area (Å²) >= 11 is 6.41. The Morgan fingerprint density at radius 2 is 2.24 bits per heavy atom. The standard InChI is InChI=1S/C14H21ClN6/c1-4-11-10(13(15)20(3)19-11)8-21-7-5-6-12(21)14-16-9(2)17-18-14/h12H,4-8H2,1-3H3,(H,16,17,18)/t12-/m1/s1. The molecule has 1 atom stereocenters. The number of halogens is 1. The Kier molecular flexibility index (Phi) is 3.99. The second kappa shape index (κ2) is 5.77. The summed E-state index contributed by atoms with van der Waals surface area (Å²) in [6.07, 6.45) is 3.16. The molecule has 6 nitrogen and oxygen atoms in total. The molecule has 0 spiro atoms. The van der Waals surface area contributed by atoms with Crippen molar-refractivity contribution in [1.29, 1.82) is 0 Å². The number of likely N-dealkylation sites (tertiary alicyclic amines) is 1. The normalized spacial score (nSPS) is 19.5. The molecule has 1 saturated heterocycles. The number of nitrogens with zero attached hydrogens (tertiary/aromatic N) is 5. The van der Waals surface area contributed by atoms with Crippen molar-refractivity contribution in [3.05, 3.63) is 28.1 Å². The van der Waals surface area contributed by atoms with Crippen molar-refractivity contribution >= 4 is 11.6 Å². The predicted molar refractivity (Wildman–Crippen MR) is 81.1 cm³/mol. The van der Waals surface area contributed by atoms with Gasteiger partial charge in [-0.1, -0.05) is 18.5 Å². The summed E-state index contributed by atoms with van der Waals surface area (Å²) in [5.74, 6) is 1.76. The molecule has 0 amide bonds. The van der Waals surface area contributed by atoms with Crippen LogP contribution in [0.5, 0.6) is 0 Å². The van der Waals surface area contributed by atoms with Crippen LogP contribution in [-0.2, 0) is 20.0 Å². The molecule has 0 aromatic carbocycles. The molecule has 0 bridgehead atoms. The van der Waals surface area contributed by atoms with E-state index in [0.717, 1.165) is 60.4 Å². The first kappa shape index (κ1) is 14.5. The van der Waals surface area contributed by atoms with Crippen LogP contribution in [0.15, 0.2) is 0 Å². The molecule has 2 aromatic rings. The van der Waals surface area contributed by atoms with Crippen molar-refractivity contribution in [2.24, 2.45) is 7.05 Å². The number of hydrogen-bond acceptors (Lipinski definition) is 4. The molecule has 3 rings (SSSR count). The summed E-state index contributed by atoms with van der Waals surface area (Å²) in [5.41, 5.74) is 2.22. The highest BCUT2D eigenvalue weighted by Crippen LogP contribution is 2.33. The lowest BCUT2D eigenvalue weighted by molar-refractivity contribution is 0.239. The maximum absolute atomic E-state index is 6.41. The van der Waals surface area contributed by atoms with Gasteiger partial charge in [-0.25, -0.2) is 4.98 Å². The number of aromatic amines is 1. The third kappa shape index (κ3) is 2.70. The fraction of sp³-hybridized carbons (Fsp3) is 0.643. The van der Waals surface area contributed by atoms with E-state index in [0.29, 0.717) is 0 Å². The first-order chi connectivity index (χ1) is 10.1. The van der Waals surface area contributed by atoms with Crippen molar-refractivity contribution < 1.29 is 0 Å². The zero-order chi connectivity index (χ0) is 15.0. The first-order valence-corrected chi connectivity index (χ1v) is 7.81. The van der Waals surface area contributed by atoms with Crippen LogP contribution in [0.3, 0.4) is 0 Å². The third-order valence-corrected chi connectivity index (χ3v) is 4.60. The van der Waals surface area contributed by atoms with Gasteiger partial charge in [-0.2, -0.15) is 10.2 Å². The Labute approximate surface area is 129 Å². The van der Waals surface area contributed by atoms with Crippen LogP contribution < -0.4 is 0 Å². The molecule has 0 radical (unpaired) electrons. The quantitative estimate of drug-likeness (QED) is 0.942. The molecule has 0 saturated carbocycles. The van der Waals surface area contributed by atoms with E-state index >= 15 is 0 Å². The largest absolute Gasteiger partial charge is 0.289 e. The molecule has 0 aliphatic carbocycles. The van der Waals surface area contributed by atoms with Crippen molar-refractivity contribution in [2.45, 2.75) is 45.7 Å². The lowest BCUT2D eigenvalue weighted by Gasteiger charge is -2.22. The van der Waals surface area contributed by atoms with Crippen molar-refractivity contribution in [3.63, 3.8) is 0 Å². The smallest absolute Gasteiger partial charge is 0.167 e. The Morgan fingerprint density at radius 1 is 1.43 bits per heavy atom. The van der Waals surface area contributed by atoms with Crippen molar-refractivity contribution in [1.82, 2.24) is 29.9 Å². The maximum atomic E-state index is 6.41. The molecule has 7 heteroatoms. The van der Waals surface area contributed by atoms with Gasteiger partial charge in [-0.15, -0.1) is 0 Å². The van der Waals surface area contributed by atoms with E-state index in [-0.39, 0.29) is 6.04 Å². The highest BCUT2D eigenvalue weighted by molar-refractivity contribution is 6.30. The van der Waals surface area contributed by atoms with Gasteiger partial charge >= 0.3 is 0 Å². The Bertz CT molecular complexity index is 631. The third-order valence-electron chi connectivity index (χ3n) is 4.12. The van der Waals surface area contributed by atoms with Gasteiger partial charge < -0.3 is 0 Å². The molecule has 1 aliphatic rings. The summed E-state index contributed by atoms with van der Waals surface area (Å²) < 4.78 is 1.76. The minimum atomic E-state index is 0.274. The number of aryl methyl sites for hydroxylation is 3. The van der Waals surface area contributed by atoms with Crippen LogP contribution in [-0.4, -0.2) is 36.4 Å². The number of hydrogen-bond donors (Lipinski definition) is 1. The molecule has 21 heavy (non-hydrogen) atoms. The Morgan fingerprint density at radius 3 is 2.90 bits per heavy atom. The lowest BCUT2D eigenvalue weighted by atomic mass is 10.1. The summed E-state index contributed by atoms with van der Waals surface area (Å²) in [4.78, 5) is 6.90. The Balaban J connectivity index is 1.84. The molecule has 2 aromatic heterocycles. The molecule has 0 unspecified atom stereocenters. The molecule has 114 valence electrons. The molecular formula is C14H21ClN6. The molecular weight excluding hydrogens is 288 g/mol. The average Bonchev–Trinajstić information content (AvgIpc) is 3.15. The van der Waals surface area contributed by atoms with Crippen LogP contribution in [0.4, 0.5) is 0 Å². The van der Waals surface area contributed by atoms with E-state index in [1.54, 1.807) is 4.68 Å². The van der Waals surface area contributed by atoms with Gasteiger partial charge in [0.15, 0.2) is 5.82 Å². The zero-order valence-electron chi connectivity index (χ0n) is 12.7. The van der Waals surface area contributed by atoms with Crippen molar-refractivity contribution in [2.75, 3.05) is 6.54 Å². The van der Waals surface area contributed by atoms with Gasteiger partial charge in [-0.05, 0) is 32.7 Å². The number of aromatic nitrogens is 5. The fourth-order valence-electron chi connectivity index (χ4n) is 3.06. The second-order valence-electron chi connectivity index (χ2n) is 5.60. The van der Waals surface area contributed by atoms with Gasteiger partial charge in [0.25, 0.3) is 0 Å². The average molecular weight is 309 g/mol. The zero-order valence-corrected chi connectivity index (χ0v) is 13.5. The van der Waals surface area contributed by atoms with Crippen molar-refractivity contribution in [3.8, 4) is 0 Å². The van der Waals surface area contributed by atoms with Gasteiger partial charge in [0.2, 0.25) is 0 Å². The first-order valence-electron chi connectivity index (χ1n) is 7.43. The maximum Gasteiger partial charge on any atom is 0.167 e. The molecule has 1 aliphatic heterocycles. The van der Waals surface area contributed by atoms with Crippen LogP contribution in [0, 0.1) is 6.92 Å². The van der Waals surface area contributed by atoms with E-state index in [1.807, 2.05) is 14.0 Å². The minimum absolute atomic E-state index is 0.274. The highest BCUT2D eigenvalue weighted by atomic mass is 35.5. The lowest BCUT2D eigenvalue weighted by Crippen LogP contribution is -2.24. The van der Waals surface area contributed by atoms with Crippen LogP contribution in [0.2, 0.25) is 5.15 Å². The molecule has 3 heterocycles. The monoisotopic (exact) mass is 308 g/mol. The van der Waals surface area contributed by atoms with Gasteiger partial charge in [0, 0.05) is 19.2 Å². The topological polar surface area (TPSA) is 62.6 Å².